The second-order valence-corrected chi connectivity index (χ2v) is 9.19. The first-order valence-corrected chi connectivity index (χ1v) is 12.3. The fourth-order valence-corrected chi connectivity index (χ4v) is 4.19. The Hall–Kier alpha value is -4.35. The third-order valence-corrected chi connectivity index (χ3v) is 5.97. The summed E-state index contributed by atoms with van der Waals surface area (Å²) in [5.74, 6) is -0.516. The molecule has 0 saturated carbocycles. The second-order valence-electron chi connectivity index (χ2n) is 9.19. The summed E-state index contributed by atoms with van der Waals surface area (Å²) in [6.07, 6.45) is 4.76. The standard InChI is InChI=1S/C27H29FN8O2/c1-35(2)8-4-7-24(37)30-21-14-18(13-19(28)15-21)25-23-17-29-34-26(23)33-27(32-25)31-20-5-3-6-22(16-20)36-9-11-38-12-10-36/h3-7,13-17H,8-12H2,1-2H3,(H,30,37)(H2,29,31,32,33,34)/b7-4+. The van der Waals surface area contributed by atoms with Crippen LogP contribution in [0.25, 0.3) is 22.3 Å². The van der Waals surface area contributed by atoms with Gasteiger partial charge in [-0.05, 0) is 50.5 Å². The minimum absolute atomic E-state index is 0.322. The van der Waals surface area contributed by atoms with Gasteiger partial charge in [0.2, 0.25) is 11.9 Å². The molecule has 1 aliphatic rings. The van der Waals surface area contributed by atoms with Crippen molar-refractivity contribution in [2.75, 3.05) is 62.5 Å². The van der Waals surface area contributed by atoms with Gasteiger partial charge < -0.3 is 25.2 Å². The lowest BCUT2D eigenvalue weighted by Crippen LogP contribution is -2.36. The normalized spacial score (nSPS) is 13.9. The van der Waals surface area contributed by atoms with Crippen LogP contribution < -0.4 is 15.5 Å². The van der Waals surface area contributed by atoms with Crippen molar-refractivity contribution in [3.63, 3.8) is 0 Å². The average Bonchev–Trinajstić information content (AvgIpc) is 3.37. The van der Waals surface area contributed by atoms with Gasteiger partial charge in [0.05, 0.1) is 30.5 Å². The predicted molar refractivity (Wildman–Crippen MR) is 146 cm³/mol. The highest BCUT2D eigenvalue weighted by Crippen LogP contribution is 2.30. The molecule has 1 fully saturated rings. The SMILES string of the molecule is CN(C)C/C=C/C(=O)Nc1cc(F)cc(-c2nc(Nc3cccc(N4CCOCC4)c3)nc3[nH]ncc23)c1. The summed E-state index contributed by atoms with van der Waals surface area (Å²) in [6, 6.07) is 12.3. The van der Waals surface area contributed by atoms with Gasteiger partial charge >= 0.3 is 0 Å². The van der Waals surface area contributed by atoms with E-state index in [-0.39, 0.29) is 5.91 Å². The van der Waals surface area contributed by atoms with E-state index in [1.54, 1.807) is 18.3 Å². The summed E-state index contributed by atoms with van der Waals surface area (Å²) in [7, 11) is 3.81. The highest BCUT2D eigenvalue weighted by Gasteiger charge is 2.15. The molecule has 5 rings (SSSR count). The number of H-pyrrole nitrogens is 1. The fourth-order valence-electron chi connectivity index (χ4n) is 4.19. The average molecular weight is 517 g/mol. The molecule has 0 atom stereocenters. The van der Waals surface area contributed by atoms with E-state index in [0.717, 1.165) is 24.5 Å². The molecule has 0 radical (unpaired) electrons. The number of amides is 1. The molecule has 10 nitrogen and oxygen atoms in total. The molecule has 38 heavy (non-hydrogen) atoms. The third-order valence-electron chi connectivity index (χ3n) is 5.97. The number of benzene rings is 2. The molecule has 11 heteroatoms. The Morgan fingerprint density at radius 3 is 2.82 bits per heavy atom. The van der Waals surface area contributed by atoms with Gasteiger partial charge in [0.15, 0.2) is 5.65 Å². The van der Waals surface area contributed by atoms with Crippen LogP contribution in [0.15, 0.2) is 60.8 Å². The Balaban J connectivity index is 1.43. The van der Waals surface area contributed by atoms with Gasteiger partial charge in [0.1, 0.15) is 5.82 Å². The quantitative estimate of drug-likeness (QED) is 0.303. The molecule has 3 N–H and O–H groups in total. The van der Waals surface area contributed by atoms with E-state index in [1.165, 1.54) is 18.2 Å². The topological polar surface area (TPSA) is 111 Å². The van der Waals surface area contributed by atoms with Crippen LogP contribution in [-0.2, 0) is 9.53 Å². The zero-order valence-corrected chi connectivity index (χ0v) is 21.2. The Morgan fingerprint density at radius 2 is 2.00 bits per heavy atom. The molecular weight excluding hydrogens is 487 g/mol. The number of rotatable bonds is 8. The number of aromatic nitrogens is 4. The maximum Gasteiger partial charge on any atom is 0.248 e. The zero-order chi connectivity index (χ0) is 26.5. The molecule has 0 unspecified atom stereocenters. The predicted octanol–water partition coefficient (Wildman–Crippen LogP) is 3.80. The van der Waals surface area contributed by atoms with Crippen LogP contribution in [0, 0.1) is 5.82 Å². The Kier molecular flexibility index (Phi) is 7.57. The summed E-state index contributed by atoms with van der Waals surface area (Å²) < 4.78 is 20.1. The maximum atomic E-state index is 14.6. The zero-order valence-electron chi connectivity index (χ0n) is 21.2. The van der Waals surface area contributed by atoms with Crippen LogP contribution >= 0.6 is 0 Å². The Labute approximate surface area is 219 Å². The van der Waals surface area contributed by atoms with Crippen molar-refractivity contribution in [2.24, 2.45) is 0 Å². The number of anilines is 4. The van der Waals surface area contributed by atoms with Crippen molar-refractivity contribution in [3.05, 3.63) is 66.6 Å². The Morgan fingerprint density at radius 1 is 1.16 bits per heavy atom. The number of fused-ring (bicyclic) bond motifs is 1. The maximum absolute atomic E-state index is 14.6. The minimum Gasteiger partial charge on any atom is -0.378 e. The van der Waals surface area contributed by atoms with Crippen molar-refractivity contribution < 1.29 is 13.9 Å². The molecule has 3 heterocycles. The van der Waals surface area contributed by atoms with Crippen molar-refractivity contribution in [3.8, 4) is 11.3 Å². The smallest absolute Gasteiger partial charge is 0.248 e. The molecule has 0 spiro atoms. The number of aromatic amines is 1. The van der Waals surface area contributed by atoms with E-state index in [0.29, 0.717) is 53.7 Å². The summed E-state index contributed by atoms with van der Waals surface area (Å²) in [4.78, 5) is 25.8. The van der Waals surface area contributed by atoms with Crippen LogP contribution in [0.3, 0.4) is 0 Å². The summed E-state index contributed by atoms with van der Waals surface area (Å²) in [5, 5.41) is 13.6. The lowest BCUT2D eigenvalue weighted by Gasteiger charge is -2.29. The fraction of sp³-hybridized carbons (Fsp3) is 0.259. The number of hydrogen-bond acceptors (Lipinski definition) is 8. The van der Waals surface area contributed by atoms with Crippen molar-refractivity contribution >= 4 is 40.0 Å². The first-order chi connectivity index (χ1) is 18.4. The van der Waals surface area contributed by atoms with Gasteiger partial charge in [-0.2, -0.15) is 10.1 Å². The Bertz CT molecular complexity index is 1460. The molecule has 1 amide bonds. The lowest BCUT2D eigenvalue weighted by atomic mass is 10.1. The molecule has 196 valence electrons. The first-order valence-electron chi connectivity index (χ1n) is 12.3. The minimum atomic E-state index is -0.502. The van der Waals surface area contributed by atoms with Gasteiger partial charge in [-0.3, -0.25) is 9.89 Å². The van der Waals surface area contributed by atoms with Crippen LogP contribution in [0.1, 0.15) is 0 Å². The molecule has 0 bridgehead atoms. The van der Waals surface area contributed by atoms with E-state index in [2.05, 4.69) is 36.8 Å². The number of nitrogens with zero attached hydrogens (tertiary/aromatic N) is 5. The molecular formula is C27H29FN8O2. The number of morpholine rings is 1. The molecule has 1 saturated heterocycles. The van der Waals surface area contributed by atoms with Crippen LogP contribution in [0.4, 0.5) is 27.4 Å². The molecule has 2 aromatic carbocycles. The number of ether oxygens (including phenoxy) is 1. The van der Waals surface area contributed by atoms with Crippen molar-refractivity contribution in [1.82, 2.24) is 25.1 Å². The van der Waals surface area contributed by atoms with E-state index >= 15 is 0 Å². The summed E-state index contributed by atoms with van der Waals surface area (Å²) in [6.45, 7) is 3.67. The van der Waals surface area contributed by atoms with Crippen LogP contribution in [0.2, 0.25) is 0 Å². The van der Waals surface area contributed by atoms with Crippen molar-refractivity contribution in [1.29, 1.82) is 0 Å². The molecule has 4 aromatic rings. The third kappa shape index (κ3) is 6.13. The van der Waals surface area contributed by atoms with E-state index in [4.69, 9.17) is 9.72 Å². The largest absolute Gasteiger partial charge is 0.378 e. The highest BCUT2D eigenvalue weighted by molar-refractivity contribution is 6.00. The molecule has 2 aromatic heterocycles. The van der Waals surface area contributed by atoms with Crippen LogP contribution in [-0.4, -0.2) is 77.9 Å². The number of carbonyl (C=O) groups excluding carboxylic acids is 1. The van der Waals surface area contributed by atoms with E-state index in [1.807, 2.05) is 37.2 Å². The lowest BCUT2D eigenvalue weighted by molar-refractivity contribution is -0.111. The molecule has 0 aliphatic carbocycles. The highest BCUT2D eigenvalue weighted by atomic mass is 19.1. The number of hydrogen-bond donors (Lipinski definition) is 3. The van der Waals surface area contributed by atoms with Gasteiger partial charge in [0, 0.05) is 48.3 Å². The second kappa shape index (κ2) is 11.4. The van der Waals surface area contributed by atoms with Crippen LogP contribution in [0.5, 0.6) is 0 Å². The number of nitrogens with one attached hydrogen (secondary N) is 3. The summed E-state index contributed by atoms with van der Waals surface area (Å²) in [5.41, 5.74) is 3.68. The number of likely N-dealkylation sites (N-methyl/N-ethyl adjacent to an activating group) is 1. The van der Waals surface area contributed by atoms with Gasteiger partial charge in [-0.15, -0.1) is 0 Å². The van der Waals surface area contributed by atoms with E-state index < -0.39 is 5.82 Å². The van der Waals surface area contributed by atoms with Gasteiger partial charge in [-0.25, -0.2) is 9.37 Å². The van der Waals surface area contributed by atoms with Gasteiger partial charge in [0.25, 0.3) is 0 Å². The monoisotopic (exact) mass is 516 g/mol. The number of halogens is 1. The number of carbonyl (C=O) groups is 1. The van der Waals surface area contributed by atoms with Gasteiger partial charge in [-0.1, -0.05) is 12.1 Å². The van der Waals surface area contributed by atoms with E-state index in [9.17, 15) is 9.18 Å². The first kappa shape index (κ1) is 25.3. The molecule has 1 aliphatic heterocycles. The van der Waals surface area contributed by atoms with Crippen molar-refractivity contribution in [2.45, 2.75) is 0 Å². The summed E-state index contributed by atoms with van der Waals surface area (Å²) >= 11 is 0.